The lowest BCUT2D eigenvalue weighted by atomic mass is 10.2. The maximum atomic E-state index is 11.9. The highest BCUT2D eigenvalue weighted by atomic mass is 32.1. The standard InChI is InChI=1S/C17H17N3O2S/c21-11-5-10-18-17(22)20-13-7-2-1-6-12(13)16-19-14-8-3-4-9-15(14)23-16/h1-4,6-9,21H,5,10-11H2,(H2,18,20,22). The van der Waals surface area contributed by atoms with E-state index in [1.54, 1.807) is 11.3 Å². The zero-order valence-corrected chi connectivity index (χ0v) is 13.3. The number of benzene rings is 2. The van der Waals surface area contributed by atoms with Crippen LogP contribution in [0.1, 0.15) is 6.42 Å². The van der Waals surface area contributed by atoms with Crippen LogP contribution in [-0.4, -0.2) is 29.3 Å². The van der Waals surface area contributed by atoms with E-state index in [0.29, 0.717) is 18.7 Å². The number of nitrogens with zero attached hydrogens (tertiary/aromatic N) is 1. The fourth-order valence-electron chi connectivity index (χ4n) is 2.21. The Morgan fingerprint density at radius 2 is 1.91 bits per heavy atom. The molecule has 0 aliphatic rings. The van der Waals surface area contributed by atoms with Crippen molar-refractivity contribution in [1.82, 2.24) is 10.3 Å². The van der Waals surface area contributed by atoms with Crippen molar-refractivity contribution in [3.05, 3.63) is 48.5 Å². The molecule has 118 valence electrons. The molecule has 0 saturated heterocycles. The van der Waals surface area contributed by atoms with Gasteiger partial charge in [0, 0.05) is 18.7 Å². The first kappa shape index (κ1) is 15.5. The average Bonchev–Trinajstić information content (AvgIpc) is 2.99. The largest absolute Gasteiger partial charge is 0.396 e. The van der Waals surface area contributed by atoms with Crippen LogP contribution < -0.4 is 10.6 Å². The molecule has 2 aromatic carbocycles. The summed E-state index contributed by atoms with van der Waals surface area (Å²) >= 11 is 1.60. The summed E-state index contributed by atoms with van der Waals surface area (Å²) in [4.78, 5) is 16.6. The van der Waals surface area contributed by atoms with Gasteiger partial charge in [-0.3, -0.25) is 0 Å². The monoisotopic (exact) mass is 327 g/mol. The predicted molar refractivity (Wildman–Crippen MR) is 93.8 cm³/mol. The number of nitrogens with one attached hydrogen (secondary N) is 2. The highest BCUT2D eigenvalue weighted by Gasteiger charge is 2.11. The minimum Gasteiger partial charge on any atom is -0.396 e. The summed E-state index contributed by atoms with van der Waals surface area (Å²) in [5.74, 6) is 0. The van der Waals surface area contributed by atoms with Crippen LogP contribution in [0.3, 0.4) is 0 Å². The Morgan fingerprint density at radius 1 is 1.13 bits per heavy atom. The van der Waals surface area contributed by atoms with E-state index in [2.05, 4.69) is 15.6 Å². The molecule has 0 fully saturated rings. The van der Waals surface area contributed by atoms with Crippen LogP contribution in [0.5, 0.6) is 0 Å². The first-order valence-corrected chi connectivity index (χ1v) is 8.20. The highest BCUT2D eigenvalue weighted by molar-refractivity contribution is 7.21. The average molecular weight is 327 g/mol. The Morgan fingerprint density at radius 3 is 2.74 bits per heavy atom. The van der Waals surface area contributed by atoms with Crippen LogP contribution >= 0.6 is 11.3 Å². The van der Waals surface area contributed by atoms with E-state index in [4.69, 9.17) is 5.11 Å². The number of para-hydroxylation sites is 2. The van der Waals surface area contributed by atoms with Crippen molar-refractivity contribution in [3.8, 4) is 10.6 Å². The molecule has 3 rings (SSSR count). The fraction of sp³-hybridized carbons (Fsp3) is 0.176. The van der Waals surface area contributed by atoms with E-state index >= 15 is 0 Å². The Balaban J connectivity index is 1.84. The number of aliphatic hydroxyl groups excluding tert-OH is 1. The van der Waals surface area contributed by atoms with Crippen LogP contribution in [0.2, 0.25) is 0 Å². The van der Waals surface area contributed by atoms with E-state index < -0.39 is 0 Å². The zero-order valence-electron chi connectivity index (χ0n) is 12.5. The first-order chi connectivity index (χ1) is 11.3. The number of urea groups is 1. The Bertz CT molecular complexity index is 783. The summed E-state index contributed by atoms with van der Waals surface area (Å²) in [6.45, 7) is 0.494. The summed E-state index contributed by atoms with van der Waals surface area (Å²) in [5.41, 5.74) is 2.56. The number of carbonyl (C=O) groups is 1. The number of amides is 2. The van der Waals surface area contributed by atoms with Crippen molar-refractivity contribution in [1.29, 1.82) is 0 Å². The number of rotatable bonds is 5. The quantitative estimate of drug-likeness (QED) is 0.628. The number of hydrogen-bond donors (Lipinski definition) is 3. The molecule has 0 aliphatic heterocycles. The third-order valence-corrected chi connectivity index (χ3v) is 4.39. The summed E-state index contributed by atoms with van der Waals surface area (Å²) < 4.78 is 1.12. The third-order valence-electron chi connectivity index (χ3n) is 3.32. The molecule has 23 heavy (non-hydrogen) atoms. The second-order valence-electron chi connectivity index (χ2n) is 4.99. The van der Waals surface area contributed by atoms with Crippen LogP contribution in [0, 0.1) is 0 Å². The van der Waals surface area contributed by atoms with Crippen molar-refractivity contribution < 1.29 is 9.90 Å². The molecule has 0 aliphatic carbocycles. The molecule has 5 nitrogen and oxygen atoms in total. The zero-order chi connectivity index (χ0) is 16.1. The molecular formula is C17H17N3O2S. The molecule has 0 saturated carbocycles. The Hall–Kier alpha value is -2.44. The highest BCUT2D eigenvalue weighted by Crippen LogP contribution is 2.34. The maximum Gasteiger partial charge on any atom is 0.319 e. The van der Waals surface area contributed by atoms with E-state index in [1.807, 2.05) is 48.5 Å². The lowest BCUT2D eigenvalue weighted by Crippen LogP contribution is -2.30. The van der Waals surface area contributed by atoms with Gasteiger partial charge < -0.3 is 15.7 Å². The van der Waals surface area contributed by atoms with Gasteiger partial charge in [0.25, 0.3) is 0 Å². The summed E-state index contributed by atoms with van der Waals surface area (Å²) in [6.07, 6.45) is 0.535. The van der Waals surface area contributed by atoms with Gasteiger partial charge in [-0.2, -0.15) is 0 Å². The molecule has 0 atom stereocenters. The van der Waals surface area contributed by atoms with Gasteiger partial charge in [0.1, 0.15) is 5.01 Å². The van der Waals surface area contributed by atoms with Gasteiger partial charge in [-0.25, -0.2) is 9.78 Å². The molecule has 6 heteroatoms. The van der Waals surface area contributed by atoms with Gasteiger partial charge in [0.2, 0.25) is 0 Å². The van der Waals surface area contributed by atoms with Gasteiger partial charge in [-0.1, -0.05) is 24.3 Å². The second-order valence-corrected chi connectivity index (χ2v) is 6.02. The number of hydrogen-bond acceptors (Lipinski definition) is 4. The Kier molecular flexibility index (Phi) is 4.85. The number of anilines is 1. The van der Waals surface area contributed by atoms with E-state index in [1.165, 1.54) is 0 Å². The van der Waals surface area contributed by atoms with E-state index in [-0.39, 0.29) is 12.6 Å². The van der Waals surface area contributed by atoms with Gasteiger partial charge in [-0.15, -0.1) is 11.3 Å². The number of carbonyl (C=O) groups excluding carboxylic acids is 1. The lowest BCUT2D eigenvalue weighted by molar-refractivity contribution is 0.249. The molecule has 1 aromatic heterocycles. The SMILES string of the molecule is O=C(NCCCO)Nc1ccccc1-c1nc2ccccc2s1. The molecule has 0 radical (unpaired) electrons. The van der Waals surface area contributed by atoms with Crippen LogP contribution in [-0.2, 0) is 0 Å². The smallest absolute Gasteiger partial charge is 0.319 e. The van der Waals surface area contributed by atoms with Gasteiger partial charge in [-0.05, 0) is 30.7 Å². The maximum absolute atomic E-state index is 11.9. The molecule has 0 unspecified atom stereocenters. The predicted octanol–water partition coefficient (Wildman–Crippen LogP) is 3.47. The minimum atomic E-state index is -0.285. The van der Waals surface area contributed by atoms with Crippen LogP contribution in [0.25, 0.3) is 20.8 Å². The Labute approximate surface area is 138 Å². The second kappa shape index (κ2) is 7.21. The van der Waals surface area contributed by atoms with Crippen LogP contribution in [0.4, 0.5) is 10.5 Å². The van der Waals surface area contributed by atoms with E-state index in [0.717, 1.165) is 20.8 Å². The number of fused-ring (bicyclic) bond motifs is 1. The molecule has 2 amide bonds. The van der Waals surface area contributed by atoms with Gasteiger partial charge in [0.05, 0.1) is 15.9 Å². The number of aromatic nitrogens is 1. The lowest BCUT2D eigenvalue weighted by Gasteiger charge is -2.10. The van der Waals surface area contributed by atoms with Crippen molar-refractivity contribution in [2.45, 2.75) is 6.42 Å². The fourth-order valence-corrected chi connectivity index (χ4v) is 3.22. The summed E-state index contributed by atoms with van der Waals surface area (Å²) in [6, 6.07) is 15.3. The molecular weight excluding hydrogens is 310 g/mol. The minimum absolute atomic E-state index is 0.0581. The van der Waals surface area contributed by atoms with Crippen molar-refractivity contribution in [3.63, 3.8) is 0 Å². The van der Waals surface area contributed by atoms with Crippen molar-refractivity contribution in [2.24, 2.45) is 0 Å². The first-order valence-electron chi connectivity index (χ1n) is 7.38. The van der Waals surface area contributed by atoms with Gasteiger partial charge >= 0.3 is 6.03 Å². The third kappa shape index (κ3) is 3.67. The van der Waals surface area contributed by atoms with Gasteiger partial charge in [0.15, 0.2) is 0 Å². The topological polar surface area (TPSA) is 74.2 Å². The van der Waals surface area contributed by atoms with E-state index in [9.17, 15) is 4.79 Å². The van der Waals surface area contributed by atoms with Crippen LogP contribution in [0.15, 0.2) is 48.5 Å². The summed E-state index contributed by atoms with van der Waals surface area (Å²) in [5, 5.41) is 15.2. The molecule has 0 bridgehead atoms. The normalized spacial score (nSPS) is 10.7. The molecule has 3 aromatic rings. The van der Waals surface area contributed by atoms with Crippen molar-refractivity contribution in [2.75, 3.05) is 18.5 Å². The molecule has 0 spiro atoms. The number of thiazole rings is 1. The molecule has 1 heterocycles. The number of aliphatic hydroxyl groups is 1. The molecule has 3 N–H and O–H groups in total. The van der Waals surface area contributed by atoms with Crippen molar-refractivity contribution >= 4 is 33.3 Å². The summed E-state index contributed by atoms with van der Waals surface area (Å²) in [7, 11) is 0.